The van der Waals surface area contributed by atoms with Gasteiger partial charge in [0.25, 0.3) is 0 Å². The predicted octanol–water partition coefficient (Wildman–Crippen LogP) is 1.59. The average Bonchev–Trinajstić information content (AvgIpc) is 2.36. The molecule has 0 spiro atoms. The molecule has 19 heavy (non-hydrogen) atoms. The Morgan fingerprint density at radius 2 is 2.11 bits per heavy atom. The topological polar surface area (TPSA) is 83.8 Å². The monoisotopic (exact) mass is 284 g/mol. The number of aliphatic hydroxyl groups is 1. The highest BCUT2D eigenvalue weighted by Gasteiger charge is 2.22. The first-order valence-corrected chi connectivity index (χ1v) is 6.29. The smallest absolute Gasteiger partial charge is 0.337 e. The number of esters is 1. The van der Waals surface area contributed by atoms with E-state index in [1.54, 1.807) is 25.1 Å². The molecule has 1 aromatic carbocycles. The lowest BCUT2D eigenvalue weighted by molar-refractivity contribution is -0.147. The number of thiol groups is 1. The van der Waals surface area contributed by atoms with Gasteiger partial charge in [-0.2, -0.15) is 0 Å². The van der Waals surface area contributed by atoms with Crippen molar-refractivity contribution in [2.45, 2.75) is 30.8 Å². The number of carboxylic acid groups (broad SMARTS) is 1. The van der Waals surface area contributed by atoms with Crippen molar-refractivity contribution in [3.05, 3.63) is 29.3 Å². The van der Waals surface area contributed by atoms with Crippen molar-refractivity contribution in [1.29, 1.82) is 0 Å². The van der Waals surface area contributed by atoms with Gasteiger partial charge in [0.1, 0.15) is 0 Å². The average molecular weight is 284 g/mol. The Labute approximate surface area is 116 Å². The highest BCUT2D eigenvalue weighted by Crippen LogP contribution is 2.26. The summed E-state index contributed by atoms with van der Waals surface area (Å²) in [4.78, 5) is 22.6. The zero-order chi connectivity index (χ0) is 14.4. The van der Waals surface area contributed by atoms with Gasteiger partial charge in [0.2, 0.25) is 0 Å². The maximum Gasteiger partial charge on any atom is 0.337 e. The molecule has 0 aromatic heterocycles. The number of carbonyl (C=O) groups is 2. The largest absolute Gasteiger partial charge is 0.479 e. The summed E-state index contributed by atoms with van der Waals surface area (Å²) in [6.45, 7) is 2.02. The standard InChI is InChI=1S/C13H16O5S/c1-2-18-10(14)7-6-8-4-3-5-9(19)11(8)12(15)13(16)17/h3-5,12,15,19H,2,6-7H2,1H3,(H,16,17). The molecule has 0 fully saturated rings. The predicted molar refractivity (Wildman–Crippen MR) is 71.2 cm³/mol. The molecule has 1 aromatic rings. The number of aliphatic hydroxyl groups excluding tert-OH is 1. The second-order valence-electron chi connectivity index (χ2n) is 3.90. The van der Waals surface area contributed by atoms with E-state index in [0.29, 0.717) is 23.5 Å². The van der Waals surface area contributed by atoms with Crippen LogP contribution in [0.5, 0.6) is 0 Å². The molecule has 0 radical (unpaired) electrons. The minimum absolute atomic E-state index is 0.129. The number of aliphatic carboxylic acids is 1. The zero-order valence-corrected chi connectivity index (χ0v) is 11.4. The van der Waals surface area contributed by atoms with Crippen LogP contribution in [0.1, 0.15) is 30.6 Å². The van der Waals surface area contributed by atoms with Crippen molar-refractivity contribution in [2.75, 3.05) is 6.61 Å². The first kappa shape index (κ1) is 15.5. The highest BCUT2D eigenvalue weighted by molar-refractivity contribution is 7.80. The molecule has 1 unspecified atom stereocenters. The Bertz CT molecular complexity index is 472. The summed E-state index contributed by atoms with van der Waals surface area (Å²) in [5.41, 5.74) is 0.804. The fraction of sp³-hybridized carbons (Fsp3) is 0.385. The Kier molecular flexibility index (Phi) is 5.85. The Balaban J connectivity index is 2.91. The van der Waals surface area contributed by atoms with Crippen molar-refractivity contribution >= 4 is 24.6 Å². The molecule has 0 heterocycles. The van der Waals surface area contributed by atoms with E-state index in [1.165, 1.54) is 0 Å². The van der Waals surface area contributed by atoms with Gasteiger partial charge in [-0.15, -0.1) is 12.6 Å². The molecule has 0 bridgehead atoms. The Hall–Kier alpha value is -1.53. The van der Waals surface area contributed by atoms with Crippen LogP contribution in [-0.4, -0.2) is 28.8 Å². The fourth-order valence-corrected chi connectivity index (χ4v) is 2.08. The molecule has 6 heteroatoms. The second kappa shape index (κ2) is 7.16. The SMILES string of the molecule is CCOC(=O)CCc1cccc(S)c1C(O)C(=O)O. The first-order chi connectivity index (χ1) is 8.97. The van der Waals surface area contributed by atoms with Gasteiger partial charge in [-0.3, -0.25) is 4.79 Å². The molecule has 1 rings (SSSR count). The minimum atomic E-state index is -1.65. The third-order valence-corrected chi connectivity index (χ3v) is 2.97. The molecule has 0 saturated carbocycles. The van der Waals surface area contributed by atoms with Gasteiger partial charge >= 0.3 is 11.9 Å². The van der Waals surface area contributed by atoms with Crippen LogP contribution in [-0.2, 0) is 20.7 Å². The number of aryl methyl sites for hydroxylation is 1. The summed E-state index contributed by atoms with van der Waals surface area (Å²) in [6.07, 6.45) is -1.22. The van der Waals surface area contributed by atoms with Gasteiger partial charge in [0.15, 0.2) is 6.10 Å². The molecule has 1 atom stereocenters. The van der Waals surface area contributed by atoms with Crippen molar-refractivity contribution in [3.8, 4) is 0 Å². The van der Waals surface area contributed by atoms with Crippen LogP contribution in [0, 0.1) is 0 Å². The van der Waals surface area contributed by atoms with Crippen molar-refractivity contribution in [2.24, 2.45) is 0 Å². The normalized spacial score (nSPS) is 11.9. The maximum atomic E-state index is 11.3. The van der Waals surface area contributed by atoms with Crippen LogP contribution in [0.4, 0.5) is 0 Å². The third kappa shape index (κ3) is 4.25. The van der Waals surface area contributed by atoms with Crippen LogP contribution in [0.2, 0.25) is 0 Å². The molecule has 104 valence electrons. The van der Waals surface area contributed by atoms with Crippen LogP contribution in [0.15, 0.2) is 23.1 Å². The van der Waals surface area contributed by atoms with Crippen LogP contribution < -0.4 is 0 Å². The van der Waals surface area contributed by atoms with E-state index in [0.717, 1.165) is 0 Å². The minimum Gasteiger partial charge on any atom is -0.479 e. The second-order valence-corrected chi connectivity index (χ2v) is 4.38. The fourth-order valence-electron chi connectivity index (χ4n) is 1.73. The molecule has 0 aliphatic rings. The summed E-state index contributed by atoms with van der Waals surface area (Å²) >= 11 is 4.15. The van der Waals surface area contributed by atoms with Crippen molar-refractivity contribution < 1.29 is 24.5 Å². The van der Waals surface area contributed by atoms with Gasteiger partial charge < -0.3 is 14.9 Å². The van der Waals surface area contributed by atoms with Gasteiger partial charge in [0.05, 0.1) is 6.61 Å². The van der Waals surface area contributed by atoms with Gasteiger partial charge in [-0.05, 0) is 25.0 Å². The molecule has 5 nitrogen and oxygen atoms in total. The summed E-state index contributed by atoms with van der Waals surface area (Å²) in [6, 6.07) is 4.96. The third-order valence-electron chi connectivity index (χ3n) is 2.58. The zero-order valence-electron chi connectivity index (χ0n) is 10.5. The van der Waals surface area contributed by atoms with Crippen molar-refractivity contribution in [1.82, 2.24) is 0 Å². The van der Waals surface area contributed by atoms with Gasteiger partial charge in [-0.1, -0.05) is 12.1 Å². The van der Waals surface area contributed by atoms with Crippen LogP contribution in [0.3, 0.4) is 0 Å². The number of benzene rings is 1. The van der Waals surface area contributed by atoms with E-state index in [1.807, 2.05) is 0 Å². The number of carbonyl (C=O) groups excluding carboxylic acids is 1. The number of carboxylic acids is 1. The number of ether oxygens (including phenoxy) is 1. The quantitative estimate of drug-likeness (QED) is 0.546. The molecule has 0 saturated heterocycles. The van der Waals surface area contributed by atoms with Crippen LogP contribution in [0.25, 0.3) is 0 Å². The van der Waals surface area contributed by atoms with E-state index >= 15 is 0 Å². The lowest BCUT2D eigenvalue weighted by atomic mass is 9.98. The van der Waals surface area contributed by atoms with Crippen LogP contribution >= 0.6 is 12.6 Å². The molecular formula is C13H16O5S. The lowest BCUT2D eigenvalue weighted by Gasteiger charge is -2.14. The highest BCUT2D eigenvalue weighted by atomic mass is 32.1. The van der Waals surface area contributed by atoms with Gasteiger partial charge in [-0.25, -0.2) is 4.79 Å². The van der Waals surface area contributed by atoms with E-state index in [9.17, 15) is 14.7 Å². The number of rotatable bonds is 6. The summed E-state index contributed by atoms with van der Waals surface area (Å²) < 4.78 is 4.80. The number of hydrogen-bond acceptors (Lipinski definition) is 5. The summed E-state index contributed by atoms with van der Waals surface area (Å²) in [5.74, 6) is -1.71. The molecule has 0 aliphatic heterocycles. The van der Waals surface area contributed by atoms with E-state index in [2.05, 4.69) is 12.6 Å². The summed E-state index contributed by atoms with van der Waals surface area (Å²) in [7, 11) is 0. The van der Waals surface area contributed by atoms with Crippen molar-refractivity contribution in [3.63, 3.8) is 0 Å². The first-order valence-electron chi connectivity index (χ1n) is 5.84. The lowest BCUT2D eigenvalue weighted by Crippen LogP contribution is -2.14. The molecule has 0 amide bonds. The Morgan fingerprint density at radius 1 is 1.42 bits per heavy atom. The number of hydrogen-bond donors (Lipinski definition) is 3. The molecule has 2 N–H and O–H groups in total. The molecular weight excluding hydrogens is 268 g/mol. The molecule has 0 aliphatic carbocycles. The maximum absolute atomic E-state index is 11.3. The van der Waals surface area contributed by atoms with E-state index < -0.39 is 12.1 Å². The summed E-state index contributed by atoms with van der Waals surface area (Å²) in [5, 5.41) is 18.5. The van der Waals surface area contributed by atoms with E-state index in [-0.39, 0.29) is 18.0 Å². The van der Waals surface area contributed by atoms with E-state index in [4.69, 9.17) is 9.84 Å². The Morgan fingerprint density at radius 3 is 2.68 bits per heavy atom. The van der Waals surface area contributed by atoms with Gasteiger partial charge in [0, 0.05) is 16.9 Å².